The Morgan fingerprint density at radius 3 is 2.84 bits per heavy atom. The monoisotopic (exact) mass is 265 g/mol. The van der Waals surface area contributed by atoms with Crippen molar-refractivity contribution in [2.24, 2.45) is 0 Å². The lowest BCUT2D eigenvalue weighted by atomic mass is 10.2. The lowest BCUT2D eigenvalue weighted by Gasteiger charge is -2.13. The Hall–Kier alpha value is -1.55. The largest absolute Gasteiger partial charge is 0.494 e. The first-order chi connectivity index (χ1) is 9.17. The van der Waals surface area contributed by atoms with Crippen molar-refractivity contribution in [3.63, 3.8) is 0 Å². The van der Waals surface area contributed by atoms with E-state index < -0.39 is 0 Å². The van der Waals surface area contributed by atoms with Crippen LogP contribution in [0, 0.1) is 0 Å². The zero-order chi connectivity index (χ0) is 14.1. The second kappa shape index (κ2) is 8.53. The van der Waals surface area contributed by atoms with E-state index in [-0.39, 0.29) is 12.0 Å². The maximum absolute atomic E-state index is 11.5. The Bertz CT molecular complexity index is 393. The van der Waals surface area contributed by atoms with Crippen molar-refractivity contribution in [2.75, 3.05) is 13.2 Å². The van der Waals surface area contributed by atoms with Crippen LogP contribution in [0.3, 0.4) is 0 Å². The molecule has 1 rings (SSSR count). The SMILES string of the molecule is CCCOc1cccc(CNC(C)C(=O)OCC)c1. The third kappa shape index (κ3) is 5.75. The standard InChI is InChI=1S/C15H23NO3/c1-4-9-19-14-8-6-7-13(10-14)11-16-12(3)15(17)18-5-2/h6-8,10,12,16H,4-5,9,11H2,1-3H3. The van der Waals surface area contributed by atoms with E-state index >= 15 is 0 Å². The van der Waals surface area contributed by atoms with Crippen LogP contribution in [-0.4, -0.2) is 25.2 Å². The van der Waals surface area contributed by atoms with Crippen molar-refractivity contribution in [2.45, 2.75) is 39.8 Å². The first-order valence-electron chi connectivity index (χ1n) is 6.79. The second-order valence-corrected chi connectivity index (χ2v) is 4.35. The topological polar surface area (TPSA) is 47.6 Å². The van der Waals surface area contributed by atoms with Gasteiger partial charge in [0.2, 0.25) is 0 Å². The summed E-state index contributed by atoms with van der Waals surface area (Å²) in [6, 6.07) is 7.58. The number of rotatable bonds is 8. The average Bonchev–Trinajstić information content (AvgIpc) is 2.43. The highest BCUT2D eigenvalue weighted by atomic mass is 16.5. The molecule has 0 aromatic heterocycles. The van der Waals surface area contributed by atoms with Crippen molar-refractivity contribution in [3.05, 3.63) is 29.8 Å². The molecule has 0 spiro atoms. The van der Waals surface area contributed by atoms with Gasteiger partial charge in [0.25, 0.3) is 0 Å². The molecule has 0 aliphatic rings. The molecule has 0 bridgehead atoms. The molecule has 1 aromatic carbocycles. The van der Waals surface area contributed by atoms with Crippen LogP contribution < -0.4 is 10.1 Å². The van der Waals surface area contributed by atoms with Crippen LogP contribution in [0.2, 0.25) is 0 Å². The number of ether oxygens (including phenoxy) is 2. The molecule has 0 saturated carbocycles. The van der Waals surface area contributed by atoms with Gasteiger partial charge in [-0.2, -0.15) is 0 Å². The number of carbonyl (C=O) groups is 1. The molecule has 0 amide bonds. The molecular weight excluding hydrogens is 242 g/mol. The smallest absolute Gasteiger partial charge is 0.322 e. The minimum absolute atomic E-state index is 0.221. The molecule has 0 heterocycles. The maximum atomic E-state index is 11.5. The fraction of sp³-hybridized carbons (Fsp3) is 0.533. The molecule has 0 saturated heterocycles. The first kappa shape index (κ1) is 15.5. The fourth-order valence-electron chi connectivity index (χ4n) is 1.59. The number of esters is 1. The van der Waals surface area contributed by atoms with Crippen molar-refractivity contribution in [1.82, 2.24) is 5.32 Å². The van der Waals surface area contributed by atoms with Crippen LogP contribution in [-0.2, 0) is 16.1 Å². The lowest BCUT2D eigenvalue weighted by molar-refractivity contribution is -0.145. The van der Waals surface area contributed by atoms with Gasteiger partial charge >= 0.3 is 5.97 Å². The molecule has 0 fully saturated rings. The third-order valence-corrected chi connectivity index (χ3v) is 2.62. The van der Waals surface area contributed by atoms with Crippen molar-refractivity contribution < 1.29 is 14.3 Å². The van der Waals surface area contributed by atoms with E-state index in [4.69, 9.17) is 9.47 Å². The van der Waals surface area contributed by atoms with Crippen molar-refractivity contribution >= 4 is 5.97 Å². The summed E-state index contributed by atoms with van der Waals surface area (Å²) in [5, 5.41) is 3.14. The second-order valence-electron chi connectivity index (χ2n) is 4.35. The van der Waals surface area contributed by atoms with Gasteiger partial charge in [-0.05, 0) is 38.0 Å². The molecule has 4 heteroatoms. The van der Waals surface area contributed by atoms with Crippen molar-refractivity contribution in [1.29, 1.82) is 0 Å². The summed E-state index contributed by atoms with van der Waals surface area (Å²) in [5.74, 6) is 0.644. The van der Waals surface area contributed by atoms with Gasteiger partial charge < -0.3 is 14.8 Å². The molecule has 0 radical (unpaired) electrons. The number of benzene rings is 1. The first-order valence-corrected chi connectivity index (χ1v) is 6.79. The minimum Gasteiger partial charge on any atom is -0.494 e. The summed E-state index contributed by atoms with van der Waals surface area (Å²) < 4.78 is 10.5. The molecule has 1 unspecified atom stereocenters. The number of carbonyl (C=O) groups excluding carboxylic acids is 1. The number of hydrogen-bond donors (Lipinski definition) is 1. The number of hydrogen-bond acceptors (Lipinski definition) is 4. The summed E-state index contributed by atoms with van der Waals surface area (Å²) in [6.07, 6.45) is 0.988. The van der Waals surface area contributed by atoms with Crippen LogP contribution in [0.25, 0.3) is 0 Å². The Kier molecular flexibility index (Phi) is 6.97. The predicted octanol–water partition coefficient (Wildman–Crippen LogP) is 2.52. The molecule has 1 N–H and O–H groups in total. The van der Waals surface area contributed by atoms with Gasteiger partial charge in [-0.15, -0.1) is 0 Å². The van der Waals surface area contributed by atoms with Crippen LogP contribution in [0.15, 0.2) is 24.3 Å². The van der Waals surface area contributed by atoms with E-state index in [1.165, 1.54) is 0 Å². The quantitative estimate of drug-likeness (QED) is 0.734. The fourth-order valence-corrected chi connectivity index (χ4v) is 1.59. The minimum atomic E-state index is -0.305. The van der Waals surface area contributed by atoms with E-state index in [0.717, 1.165) is 24.3 Å². The van der Waals surface area contributed by atoms with E-state index in [1.54, 1.807) is 13.8 Å². The van der Waals surface area contributed by atoms with E-state index in [0.29, 0.717) is 13.2 Å². The molecule has 1 atom stereocenters. The highest BCUT2D eigenvalue weighted by Crippen LogP contribution is 2.13. The highest BCUT2D eigenvalue weighted by molar-refractivity contribution is 5.75. The van der Waals surface area contributed by atoms with Gasteiger partial charge in [-0.1, -0.05) is 19.1 Å². The van der Waals surface area contributed by atoms with Crippen molar-refractivity contribution in [3.8, 4) is 5.75 Å². The van der Waals surface area contributed by atoms with Gasteiger partial charge in [-0.3, -0.25) is 4.79 Å². The van der Waals surface area contributed by atoms with Gasteiger partial charge in [-0.25, -0.2) is 0 Å². The molecule has 106 valence electrons. The number of nitrogens with one attached hydrogen (secondary N) is 1. The van der Waals surface area contributed by atoms with Gasteiger partial charge in [0.15, 0.2) is 0 Å². The van der Waals surface area contributed by atoms with Gasteiger partial charge in [0.05, 0.1) is 13.2 Å². The van der Waals surface area contributed by atoms with E-state index in [1.807, 2.05) is 24.3 Å². The molecule has 19 heavy (non-hydrogen) atoms. The molecule has 4 nitrogen and oxygen atoms in total. The van der Waals surface area contributed by atoms with Crippen LogP contribution in [0.5, 0.6) is 5.75 Å². The summed E-state index contributed by atoms with van der Waals surface area (Å²) >= 11 is 0. The van der Waals surface area contributed by atoms with Gasteiger partial charge in [0, 0.05) is 6.54 Å². The third-order valence-electron chi connectivity index (χ3n) is 2.62. The average molecular weight is 265 g/mol. The summed E-state index contributed by atoms with van der Waals surface area (Å²) in [6.45, 7) is 7.42. The molecule has 0 aliphatic carbocycles. The summed E-state index contributed by atoms with van der Waals surface area (Å²) in [5.41, 5.74) is 1.09. The van der Waals surface area contributed by atoms with Crippen LogP contribution >= 0.6 is 0 Å². The van der Waals surface area contributed by atoms with Gasteiger partial charge in [0.1, 0.15) is 11.8 Å². The highest BCUT2D eigenvalue weighted by Gasteiger charge is 2.12. The van der Waals surface area contributed by atoms with E-state index in [9.17, 15) is 4.79 Å². The normalized spacial score (nSPS) is 11.9. The molecular formula is C15H23NO3. The Balaban J connectivity index is 2.46. The summed E-state index contributed by atoms with van der Waals surface area (Å²) in [7, 11) is 0. The Morgan fingerprint density at radius 2 is 2.16 bits per heavy atom. The molecule has 0 aliphatic heterocycles. The Morgan fingerprint density at radius 1 is 1.37 bits per heavy atom. The zero-order valence-electron chi connectivity index (χ0n) is 11.9. The zero-order valence-corrected chi connectivity index (χ0v) is 11.9. The van der Waals surface area contributed by atoms with E-state index in [2.05, 4.69) is 12.2 Å². The molecule has 1 aromatic rings. The lowest BCUT2D eigenvalue weighted by Crippen LogP contribution is -2.34. The maximum Gasteiger partial charge on any atom is 0.322 e. The summed E-state index contributed by atoms with van der Waals surface area (Å²) in [4.78, 5) is 11.5. The van der Waals surface area contributed by atoms with Crippen LogP contribution in [0.1, 0.15) is 32.8 Å². The Labute approximate surface area is 115 Å². The predicted molar refractivity (Wildman–Crippen MR) is 75.2 cm³/mol. The van der Waals surface area contributed by atoms with Crippen LogP contribution in [0.4, 0.5) is 0 Å².